The molecule has 0 atom stereocenters. The molecular weight excluding hydrogens is 637 g/mol. The van der Waals surface area contributed by atoms with Crippen LogP contribution in [0.2, 0.25) is 0 Å². The molecular formula is C43H27N3Se. The zero-order chi connectivity index (χ0) is 31.2. The van der Waals surface area contributed by atoms with Crippen LogP contribution in [0.5, 0.6) is 0 Å². The number of nitrogens with zero attached hydrogens (tertiary/aromatic N) is 3. The second kappa shape index (κ2) is 11.6. The van der Waals surface area contributed by atoms with Gasteiger partial charge in [0, 0.05) is 0 Å². The van der Waals surface area contributed by atoms with Crippen LogP contribution in [0, 0.1) is 0 Å². The van der Waals surface area contributed by atoms with Crippen LogP contribution in [-0.2, 0) is 0 Å². The average molecular weight is 665 g/mol. The van der Waals surface area contributed by atoms with Gasteiger partial charge in [-0.15, -0.1) is 0 Å². The maximum atomic E-state index is 5.06. The summed E-state index contributed by atoms with van der Waals surface area (Å²) in [5.41, 5.74) is 7.85. The van der Waals surface area contributed by atoms with E-state index >= 15 is 0 Å². The van der Waals surface area contributed by atoms with Crippen LogP contribution in [0.4, 0.5) is 0 Å². The summed E-state index contributed by atoms with van der Waals surface area (Å²) in [6.07, 6.45) is 0. The van der Waals surface area contributed by atoms with E-state index in [1.54, 1.807) is 0 Å². The molecule has 0 amide bonds. The molecule has 47 heavy (non-hydrogen) atoms. The summed E-state index contributed by atoms with van der Waals surface area (Å²) in [5.74, 6) is 2.01. The molecule has 0 bridgehead atoms. The molecule has 0 fully saturated rings. The van der Waals surface area contributed by atoms with E-state index in [9.17, 15) is 0 Å². The third-order valence-electron chi connectivity index (χ3n) is 8.73. The summed E-state index contributed by atoms with van der Waals surface area (Å²) in [6.45, 7) is 0. The fraction of sp³-hybridized carbons (Fsp3) is 0. The Morgan fingerprint density at radius 1 is 0.340 bits per heavy atom. The summed E-state index contributed by atoms with van der Waals surface area (Å²) in [7, 11) is 0. The van der Waals surface area contributed by atoms with Gasteiger partial charge in [0.1, 0.15) is 0 Å². The van der Waals surface area contributed by atoms with Crippen molar-refractivity contribution in [1.82, 2.24) is 15.0 Å². The van der Waals surface area contributed by atoms with Crippen molar-refractivity contribution in [1.29, 1.82) is 0 Å². The van der Waals surface area contributed by atoms with Gasteiger partial charge in [-0.1, -0.05) is 30.3 Å². The third kappa shape index (κ3) is 5.14. The predicted octanol–water partition coefficient (Wildman–Crippen LogP) is 10.7. The SMILES string of the molecule is c1ccc(-c2ccc(-c3nc(-c4ccccc4)nc(-c4ccc5[se]c6c(-c7ccc8ccccc8c7)cccc6c5c4)n3)cc2)cc1. The van der Waals surface area contributed by atoms with Gasteiger partial charge in [-0.2, -0.15) is 0 Å². The van der Waals surface area contributed by atoms with Crippen LogP contribution in [0.1, 0.15) is 0 Å². The fourth-order valence-electron chi connectivity index (χ4n) is 6.31. The summed E-state index contributed by atoms with van der Waals surface area (Å²) in [5, 5.41) is 5.11. The molecule has 9 aromatic rings. The van der Waals surface area contributed by atoms with Crippen molar-refractivity contribution in [2.45, 2.75) is 0 Å². The van der Waals surface area contributed by atoms with Crippen LogP contribution in [0.25, 0.3) is 86.5 Å². The topological polar surface area (TPSA) is 38.7 Å². The van der Waals surface area contributed by atoms with E-state index in [0.29, 0.717) is 17.5 Å². The van der Waals surface area contributed by atoms with Gasteiger partial charge in [-0.25, -0.2) is 0 Å². The molecule has 0 aliphatic heterocycles. The van der Waals surface area contributed by atoms with Gasteiger partial charge in [-0.05, 0) is 0 Å². The van der Waals surface area contributed by atoms with Crippen LogP contribution < -0.4 is 0 Å². The summed E-state index contributed by atoms with van der Waals surface area (Å²) in [4.78, 5) is 15.0. The van der Waals surface area contributed by atoms with Crippen molar-refractivity contribution < 1.29 is 0 Å². The van der Waals surface area contributed by atoms with Gasteiger partial charge in [0.15, 0.2) is 0 Å². The van der Waals surface area contributed by atoms with Gasteiger partial charge in [0.05, 0.1) is 0 Å². The minimum atomic E-state index is 0.200. The maximum Gasteiger partial charge on any atom is -0.0544 e. The molecule has 220 valence electrons. The molecule has 0 aliphatic carbocycles. The predicted molar refractivity (Wildman–Crippen MR) is 196 cm³/mol. The average Bonchev–Trinajstić information content (AvgIpc) is 3.53. The molecule has 0 spiro atoms. The molecule has 0 unspecified atom stereocenters. The standard InChI is InChI=1S/C43H27N3Se/c1-3-10-28(11-4-1)30-18-21-32(22-19-30)42-44-41(31-13-5-2-6-14-31)45-43(46-42)35-24-25-39-38(27-35)37-17-9-16-36(40(37)47-39)34-23-20-29-12-7-8-15-33(29)26-34/h1-27H. The minimum absolute atomic E-state index is 0.200. The van der Waals surface area contributed by atoms with E-state index in [1.807, 2.05) is 24.3 Å². The Bertz CT molecular complexity index is 2550. The number of rotatable bonds is 5. The van der Waals surface area contributed by atoms with Crippen molar-refractivity contribution >= 4 is 44.6 Å². The Labute approximate surface area is 278 Å². The van der Waals surface area contributed by atoms with Crippen molar-refractivity contribution in [3.8, 4) is 56.4 Å². The van der Waals surface area contributed by atoms with Gasteiger partial charge in [0.25, 0.3) is 0 Å². The zero-order valence-electron chi connectivity index (χ0n) is 25.3. The molecule has 0 saturated carbocycles. The molecule has 4 heteroatoms. The van der Waals surface area contributed by atoms with Crippen molar-refractivity contribution in [3.63, 3.8) is 0 Å². The normalized spacial score (nSPS) is 11.4. The first-order valence-corrected chi connectivity index (χ1v) is 17.4. The Morgan fingerprint density at radius 2 is 0.894 bits per heavy atom. The van der Waals surface area contributed by atoms with Crippen LogP contribution >= 0.6 is 0 Å². The van der Waals surface area contributed by atoms with E-state index < -0.39 is 0 Å². The quantitative estimate of drug-likeness (QED) is 0.172. The Hall–Kier alpha value is -5.67. The van der Waals surface area contributed by atoms with Crippen molar-refractivity contribution in [2.75, 3.05) is 0 Å². The first kappa shape index (κ1) is 27.6. The first-order valence-electron chi connectivity index (χ1n) is 15.7. The number of benzene rings is 7. The molecule has 9 rings (SSSR count). The van der Waals surface area contributed by atoms with Crippen LogP contribution in [-0.4, -0.2) is 29.5 Å². The van der Waals surface area contributed by atoms with E-state index in [0.717, 1.165) is 22.3 Å². The fourth-order valence-corrected chi connectivity index (χ4v) is 8.87. The Kier molecular flexibility index (Phi) is 6.82. The van der Waals surface area contributed by atoms with E-state index in [4.69, 9.17) is 15.0 Å². The number of fused-ring (bicyclic) bond motifs is 4. The van der Waals surface area contributed by atoms with Gasteiger partial charge < -0.3 is 0 Å². The van der Waals surface area contributed by atoms with Crippen LogP contribution in [0.15, 0.2) is 164 Å². The number of aromatic nitrogens is 3. The number of hydrogen-bond donors (Lipinski definition) is 0. The Morgan fingerprint density at radius 3 is 1.64 bits per heavy atom. The molecule has 0 saturated heterocycles. The summed E-state index contributed by atoms with van der Waals surface area (Å²) < 4.78 is 2.82. The molecule has 7 aromatic carbocycles. The van der Waals surface area contributed by atoms with E-state index in [2.05, 4.69) is 140 Å². The zero-order valence-corrected chi connectivity index (χ0v) is 27.1. The summed E-state index contributed by atoms with van der Waals surface area (Å²) >= 11 is 0.200. The molecule has 0 radical (unpaired) electrons. The smallest absolute Gasteiger partial charge is 0.0544 e. The first-order chi connectivity index (χ1) is 23.3. The van der Waals surface area contributed by atoms with E-state index in [1.165, 1.54) is 46.8 Å². The van der Waals surface area contributed by atoms with Gasteiger partial charge in [0.2, 0.25) is 0 Å². The van der Waals surface area contributed by atoms with Gasteiger partial charge in [-0.3, -0.25) is 0 Å². The second-order valence-electron chi connectivity index (χ2n) is 11.7. The summed E-state index contributed by atoms with van der Waals surface area (Å²) in [6, 6.07) is 57.9. The van der Waals surface area contributed by atoms with Crippen molar-refractivity contribution in [2.24, 2.45) is 0 Å². The Balaban J connectivity index is 1.17. The van der Waals surface area contributed by atoms with Crippen LogP contribution in [0.3, 0.4) is 0 Å². The molecule has 2 aromatic heterocycles. The number of hydrogen-bond acceptors (Lipinski definition) is 3. The molecule has 3 nitrogen and oxygen atoms in total. The van der Waals surface area contributed by atoms with Gasteiger partial charge >= 0.3 is 249 Å². The van der Waals surface area contributed by atoms with Crippen molar-refractivity contribution in [3.05, 3.63) is 164 Å². The minimum Gasteiger partial charge on any atom is -0.0617 e. The third-order valence-corrected chi connectivity index (χ3v) is 11.3. The second-order valence-corrected chi connectivity index (χ2v) is 13.9. The monoisotopic (exact) mass is 665 g/mol. The van der Waals surface area contributed by atoms with E-state index in [-0.39, 0.29) is 14.5 Å². The maximum absolute atomic E-state index is 5.06. The largest absolute Gasteiger partial charge is 0.0617 e. The molecule has 0 N–H and O–H groups in total. The molecule has 0 aliphatic rings. The molecule has 2 heterocycles.